The molecule has 0 spiro atoms. The van der Waals surface area contributed by atoms with Gasteiger partial charge in [-0.2, -0.15) is 5.10 Å². The van der Waals surface area contributed by atoms with Crippen LogP contribution < -0.4 is 10.2 Å². The molecule has 0 aliphatic carbocycles. The van der Waals surface area contributed by atoms with Gasteiger partial charge >= 0.3 is 0 Å². The number of aryl methyl sites for hydroxylation is 1. The van der Waals surface area contributed by atoms with Crippen molar-refractivity contribution in [1.82, 2.24) is 15.2 Å². The molecule has 1 amide bonds. The molecule has 2 N–H and O–H groups in total. The summed E-state index contributed by atoms with van der Waals surface area (Å²) in [5, 5.41) is 13.6. The van der Waals surface area contributed by atoms with E-state index in [-0.39, 0.29) is 11.7 Å². The molecule has 0 bridgehead atoms. The highest BCUT2D eigenvalue weighted by Gasteiger charge is 2.18. The van der Waals surface area contributed by atoms with E-state index in [2.05, 4.69) is 51.5 Å². The van der Waals surface area contributed by atoms with Crippen molar-refractivity contribution in [1.29, 1.82) is 0 Å². The fourth-order valence-electron chi connectivity index (χ4n) is 3.25. The van der Waals surface area contributed by atoms with Gasteiger partial charge in [0, 0.05) is 32.7 Å². The number of carbonyl (C=O) groups is 1. The quantitative estimate of drug-likeness (QED) is 0.553. The van der Waals surface area contributed by atoms with Crippen molar-refractivity contribution in [3.63, 3.8) is 0 Å². The number of ether oxygens (including phenoxy) is 1. The molecule has 1 saturated heterocycles. The van der Waals surface area contributed by atoms with Gasteiger partial charge in [0.1, 0.15) is 0 Å². The van der Waals surface area contributed by atoms with E-state index in [1.807, 2.05) is 0 Å². The number of benzene rings is 2. The van der Waals surface area contributed by atoms with Crippen molar-refractivity contribution < 1.29 is 14.6 Å². The third kappa shape index (κ3) is 6.30. The van der Waals surface area contributed by atoms with E-state index in [1.54, 1.807) is 12.1 Å². The molecule has 2 aromatic carbocycles. The Morgan fingerprint density at radius 1 is 1.14 bits per heavy atom. The lowest BCUT2D eigenvalue weighted by atomic mass is 10.1. The molecule has 0 atom stereocenters. The average molecular weight is 396 g/mol. The summed E-state index contributed by atoms with van der Waals surface area (Å²) >= 11 is 0. The second kappa shape index (κ2) is 10.0. The van der Waals surface area contributed by atoms with Crippen LogP contribution in [-0.2, 0) is 11.3 Å². The van der Waals surface area contributed by atoms with Gasteiger partial charge in [-0.25, -0.2) is 5.43 Å². The molecule has 3 rings (SSSR count). The Bertz CT molecular complexity index is 844. The number of nitrogens with one attached hydrogen (secondary N) is 1. The molecule has 1 fully saturated rings. The molecular weight excluding hydrogens is 368 g/mol. The van der Waals surface area contributed by atoms with Crippen molar-refractivity contribution in [2.45, 2.75) is 13.5 Å². The number of rotatable bonds is 7. The van der Waals surface area contributed by atoms with Gasteiger partial charge in [-0.3, -0.25) is 14.6 Å². The molecule has 7 nitrogen and oxygen atoms in total. The fraction of sp³-hybridized carbons (Fsp3) is 0.364. The first kappa shape index (κ1) is 20.8. The minimum absolute atomic E-state index is 0.0650. The van der Waals surface area contributed by atoms with E-state index >= 15 is 0 Å². The minimum atomic E-state index is -0.140. The van der Waals surface area contributed by atoms with Crippen LogP contribution in [0.15, 0.2) is 47.6 Å². The van der Waals surface area contributed by atoms with Crippen LogP contribution >= 0.6 is 0 Å². The lowest BCUT2D eigenvalue weighted by Gasteiger charge is -2.34. The zero-order chi connectivity index (χ0) is 20.6. The minimum Gasteiger partial charge on any atom is -0.504 e. The number of piperazine rings is 1. The van der Waals surface area contributed by atoms with Crippen LogP contribution in [-0.4, -0.2) is 66.9 Å². The summed E-state index contributed by atoms with van der Waals surface area (Å²) in [4.78, 5) is 16.7. The van der Waals surface area contributed by atoms with E-state index in [0.29, 0.717) is 12.3 Å². The first-order chi connectivity index (χ1) is 14.0. The second-order valence-corrected chi connectivity index (χ2v) is 7.26. The lowest BCUT2D eigenvalue weighted by molar-refractivity contribution is -0.122. The number of hydrogen-bond donors (Lipinski definition) is 2. The number of carbonyl (C=O) groups excluding carboxylic acids is 1. The summed E-state index contributed by atoms with van der Waals surface area (Å²) in [6, 6.07) is 13.5. The molecule has 154 valence electrons. The molecule has 0 radical (unpaired) electrons. The van der Waals surface area contributed by atoms with Crippen molar-refractivity contribution in [3.8, 4) is 11.5 Å². The fourth-order valence-corrected chi connectivity index (χ4v) is 3.25. The largest absolute Gasteiger partial charge is 0.504 e. The predicted octanol–water partition coefficient (Wildman–Crippen LogP) is 1.98. The summed E-state index contributed by atoms with van der Waals surface area (Å²) < 4.78 is 5.06. The number of amides is 1. The summed E-state index contributed by atoms with van der Waals surface area (Å²) in [5.74, 6) is 0.290. The third-order valence-electron chi connectivity index (χ3n) is 4.97. The van der Waals surface area contributed by atoms with E-state index in [0.717, 1.165) is 38.3 Å². The Hall–Kier alpha value is -2.90. The Morgan fingerprint density at radius 2 is 1.83 bits per heavy atom. The van der Waals surface area contributed by atoms with Crippen LogP contribution in [0, 0.1) is 6.92 Å². The first-order valence-corrected chi connectivity index (χ1v) is 9.72. The van der Waals surface area contributed by atoms with E-state index < -0.39 is 0 Å². The molecular formula is C22H28N4O3. The van der Waals surface area contributed by atoms with Crippen molar-refractivity contribution in [2.24, 2.45) is 5.10 Å². The summed E-state index contributed by atoms with van der Waals surface area (Å²) in [6.07, 6.45) is 1.53. The van der Waals surface area contributed by atoms with Gasteiger partial charge in [0.05, 0.1) is 19.9 Å². The van der Waals surface area contributed by atoms with E-state index in [9.17, 15) is 9.90 Å². The standard InChI is InChI=1S/C22H28N4O3/c1-17-3-5-18(6-4-17)15-25-9-11-26(12-10-25)16-22(28)24-23-14-19-7-8-20(27)21(13-19)29-2/h3-8,13-14,27H,9-12,15-16H2,1-2H3,(H,24,28). The Balaban J connectivity index is 1.40. The highest BCUT2D eigenvalue weighted by atomic mass is 16.5. The number of phenols is 1. The Kier molecular flexibility index (Phi) is 7.21. The molecule has 1 aliphatic heterocycles. The molecule has 1 aliphatic rings. The molecule has 0 saturated carbocycles. The monoisotopic (exact) mass is 396 g/mol. The molecule has 0 aromatic heterocycles. The summed E-state index contributed by atoms with van der Waals surface area (Å²) in [6.45, 7) is 6.97. The second-order valence-electron chi connectivity index (χ2n) is 7.26. The van der Waals surface area contributed by atoms with Crippen LogP contribution in [0.2, 0.25) is 0 Å². The number of hydrogen-bond acceptors (Lipinski definition) is 6. The molecule has 29 heavy (non-hydrogen) atoms. The van der Waals surface area contributed by atoms with Gasteiger partial charge in [0.15, 0.2) is 11.5 Å². The van der Waals surface area contributed by atoms with Gasteiger partial charge in [0.2, 0.25) is 0 Å². The number of methoxy groups -OCH3 is 1. The smallest absolute Gasteiger partial charge is 0.254 e. The summed E-state index contributed by atoms with van der Waals surface area (Å²) in [7, 11) is 1.48. The maximum atomic E-state index is 12.1. The average Bonchev–Trinajstić information content (AvgIpc) is 2.72. The van der Waals surface area contributed by atoms with Gasteiger partial charge in [-0.05, 0) is 36.2 Å². The zero-order valence-corrected chi connectivity index (χ0v) is 17.0. The van der Waals surface area contributed by atoms with Crippen LogP contribution in [0.25, 0.3) is 0 Å². The van der Waals surface area contributed by atoms with Crippen molar-refractivity contribution in [2.75, 3.05) is 39.8 Å². The van der Waals surface area contributed by atoms with Crippen LogP contribution in [0.3, 0.4) is 0 Å². The van der Waals surface area contributed by atoms with Gasteiger partial charge in [-0.1, -0.05) is 29.8 Å². The molecule has 0 unspecified atom stereocenters. The normalized spacial score (nSPS) is 15.5. The molecule has 2 aromatic rings. The SMILES string of the molecule is COc1cc(C=NNC(=O)CN2CCN(Cc3ccc(C)cc3)CC2)ccc1O. The number of nitrogens with zero attached hydrogens (tertiary/aromatic N) is 3. The van der Waals surface area contributed by atoms with Crippen LogP contribution in [0.5, 0.6) is 11.5 Å². The predicted molar refractivity (Wildman–Crippen MR) is 113 cm³/mol. The highest BCUT2D eigenvalue weighted by molar-refractivity contribution is 5.83. The number of phenolic OH excluding ortho intramolecular Hbond substituents is 1. The van der Waals surface area contributed by atoms with Crippen LogP contribution in [0.4, 0.5) is 0 Å². The molecule has 1 heterocycles. The van der Waals surface area contributed by atoms with Gasteiger partial charge < -0.3 is 9.84 Å². The molecule has 7 heteroatoms. The maximum absolute atomic E-state index is 12.1. The lowest BCUT2D eigenvalue weighted by Crippen LogP contribution is -2.48. The number of hydrazone groups is 1. The zero-order valence-electron chi connectivity index (χ0n) is 17.0. The number of aromatic hydroxyl groups is 1. The van der Waals surface area contributed by atoms with Crippen molar-refractivity contribution >= 4 is 12.1 Å². The topological polar surface area (TPSA) is 77.4 Å². The maximum Gasteiger partial charge on any atom is 0.254 e. The van der Waals surface area contributed by atoms with Gasteiger partial charge in [-0.15, -0.1) is 0 Å². The van der Waals surface area contributed by atoms with E-state index in [1.165, 1.54) is 30.5 Å². The first-order valence-electron chi connectivity index (χ1n) is 9.72. The Labute approximate surface area is 171 Å². The van der Waals surface area contributed by atoms with Crippen LogP contribution in [0.1, 0.15) is 16.7 Å². The van der Waals surface area contributed by atoms with Crippen molar-refractivity contribution in [3.05, 3.63) is 59.2 Å². The summed E-state index contributed by atoms with van der Waals surface area (Å²) in [5.41, 5.74) is 5.88. The Morgan fingerprint density at radius 3 is 2.52 bits per heavy atom. The van der Waals surface area contributed by atoms with E-state index in [4.69, 9.17) is 4.74 Å². The third-order valence-corrected chi connectivity index (χ3v) is 4.97. The highest BCUT2D eigenvalue weighted by Crippen LogP contribution is 2.25. The van der Waals surface area contributed by atoms with Gasteiger partial charge in [0.25, 0.3) is 5.91 Å².